The molecule has 0 amide bonds. The smallest absolute Gasteiger partial charge is 0.416 e. The fraction of sp³-hybridized carbons (Fsp3) is 0.208. The number of anilines is 1. The summed E-state index contributed by atoms with van der Waals surface area (Å²) in [5.74, 6) is 0.375. The van der Waals surface area contributed by atoms with Gasteiger partial charge in [-0.3, -0.25) is 14.3 Å². The number of methoxy groups -OCH3 is 1. The highest BCUT2D eigenvalue weighted by Gasteiger charge is 2.30. The number of aliphatic hydroxyl groups excluding tert-OH is 2. The first kappa shape index (κ1) is 24.2. The first-order chi connectivity index (χ1) is 16.7. The van der Waals surface area contributed by atoms with E-state index in [0.717, 1.165) is 21.6 Å². The number of halogens is 3. The summed E-state index contributed by atoms with van der Waals surface area (Å²) < 4.78 is 45.8. The zero-order chi connectivity index (χ0) is 25.3. The lowest BCUT2D eigenvalue weighted by atomic mass is 10.1. The van der Waals surface area contributed by atoms with Gasteiger partial charge in [0, 0.05) is 17.0 Å². The van der Waals surface area contributed by atoms with Crippen LogP contribution in [-0.2, 0) is 6.18 Å². The van der Waals surface area contributed by atoms with Gasteiger partial charge in [0.05, 0.1) is 24.1 Å². The molecule has 0 spiro atoms. The predicted octanol–water partition coefficient (Wildman–Crippen LogP) is 3.57. The number of alkyl halides is 3. The number of para-hydroxylation sites is 1. The van der Waals surface area contributed by atoms with Gasteiger partial charge >= 0.3 is 6.18 Å². The Balaban J connectivity index is 2.07. The van der Waals surface area contributed by atoms with E-state index in [1.165, 1.54) is 38.3 Å². The monoisotopic (exact) mass is 486 g/mol. The summed E-state index contributed by atoms with van der Waals surface area (Å²) in [6.07, 6.45) is -5.72. The van der Waals surface area contributed by atoms with Crippen LogP contribution in [0.25, 0.3) is 28.0 Å². The van der Waals surface area contributed by atoms with E-state index in [9.17, 15) is 28.2 Å². The summed E-state index contributed by atoms with van der Waals surface area (Å²) in [4.78, 5) is 23.0. The van der Waals surface area contributed by atoms with Gasteiger partial charge in [0.25, 0.3) is 5.56 Å². The fourth-order valence-electron chi connectivity index (χ4n) is 3.68. The third-order valence-electron chi connectivity index (χ3n) is 5.41. The number of fused-ring (bicyclic) bond motifs is 1. The molecule has 2 N–H and O–H groups in total. The molecule has 0 saturated carbocycles. The Morgan fingerprint density at radius 2 is 1.74 bits per heavy atom. The largest absolute Gasteiger partial charge is 0.496 e. The van der Waals surface area contributed by atoms with Crippen LogP contribution in [0.2, 0.25) is 0 Å². The lowest BCUT2D eigenvalue weighted by molar-refractivity contribution is -0.137. The molecule has 0 aliphatic rings. The second kappa shape index (κ2) is 9.35. The third-order valence-corrected chi connectivity index (χ3v) is 5.41. The topological polar surface area (TPSA) is 101 Å². The molecule has 182 valence electrons. The quantitative estimate of drug-likeness (QED) is 0.402. The van der Waals surface area contributed by atoms with Crippen LogP contribution >= 0.6 is 0 Å². The molecule has 2 aromatic carbocycles. The molecule has 8 nitrogen and oxygen atoms in total. The highest BCUT2D eigenvalue weighted by molar-refractivity contribution is 5.93. The molecule has 0 aliphatic carbocycles. The van der Waals surface area contributed by atoms with Crippen LogP contribution in [0.3, 0.4) is 0 Å². The van der Waals surface area contributed by atoms with Crippen LogP contribution in [0.5, 0.6) is 5.75 Å². The van der Waals surface area contributed by atoms with E-state index < -0.39 is 30.3 Å². The van der Waals surface area contributed by atoms with Crippen molar-refractivity contribution in [3.63, 3.8) is 0 Å². The summed E-state index contributed by atoms with van der Waals surface area (Å²) in [7, 11) is 1.48. The van der Waals surface area contributed by atoms with Gasteiger partial charge < -0.3 is 14.9 Å². The van der Waals surface area contributed by atoms with Gasteiger partial charge in [-0.25, -0.2) is 4.98 Å². The Morgan fingerprint density at radius 3 is 2.34 bits per heavy atom. The lowest BCUT2D eigenvalue weighted by Gasteiger charge is -2.24. The molecular weight excluding hydrogens is 465 g/mol. The van der Waals surface area contributed by atoms with E-state index in [1.54, 1.807) is 24.3 Å². The number of aliphatic hydroxyl groups is 2. The van der Waals surface area contributed by atoms with Crippen molar-refractivity contribution in [3.8, 4) is 22.7 Å². The minimum atomic E-state index is -4.53. The van der Waals surface area contributed by atoms with Gasteiger partial charge in [-0.2, -0.15) is 18.2 Å². The van der Waals surface area contributed by atoms with Crippen LogP contribution in [0.15, 0.2) is 65.5 Å². The zero-order valence-electron chi connectivity index (χ0n) is 18.7. The molecule has 0 saturated heterocycles. The number of hydrogen-bond donors (Lipinski definition) is 2. The highest BCUT2D eigenvalue weighted by Crippen LogP contribution is 2.35. The van der Waals surface area contributed by atoms with Gasteiger partial charge in [-0.05, 0) is 49.4 Å². The summed E-state index contributed by atoms with van der Waals surface area (Å²) in [5, 5.41) is 20.4. The molecule has 1 atom stereocenters. The minimum absolute atomic E-state index is 0.0715. The van der Waals surface area contributed by atoms with E-state index >= 15 is 0 Å². The van der Waals surface area contributed by atoms with E-state index in [0.29, 0.717) is 22.4 Å². The summed E-state index contributed by atoms with van der Waals surface area (Å²) in [5.41, 5.74) is -0.299. The van der Waals surface area contributed by atoms with Crippen molar-refractivity contribution in [3.05, 3.63) is 76.6 Å². The Morgan fingerprint density at radius 1 is 1.06 bits per heavy atom. The maximum Gasteiger partial charge on any atom is 0.416 e. The first-order valence-electron chi connectivity index (χ1n) is 10.5. The van der Waals surface area contributed by atoms with Gasteiger partial charge in [0.15, 0.2) is 5.65 Å². The third kappa shape index (κ3) is 4.55. The van der Waals surface area contributed by atoms with Crippen molar-refractivity contribution < 1.29 is 28.1 Å². The van der Waals surface area contributed by atoms with Gasteiger partial charge in [-0.15, -0.1) is 0 Å². The first-order valence-corrected chi connectivity index (χ1v) is 10.5. The Kier molecular flexibility index (Phi) is 6.46. The number of nitrogens with zero attached hydrogens (tertiary/aromatic N) is 4. The normalized spacial score (nSPS) is 12.5. The highest BCUT2D eigenvalue weighted by atomic mass is 19.4. The summed E-state index contributed by atoms with van der Waals surface area (Å²) in [6.45, 7) is 0.770. The van der Waals surface area contributed by atoms with E-state index in [-0.39, 0.29) is 17.3 Å². The Bertz CT molecular complexity index is 1420. The van der Waals surface area contributed by atoms with Crippen LogP contribution in [0, 0.1) is 0 Å². The number of hydrogen-bond acceptors (Lipinski definition) is 7. The fourth-order valence-corrected chi connectivity index (χ4v) is 3.68. The van der Waals surface area contributed by atoms with Crippen molar-refractivity contribution in [1.29, 1.82) is 0 Å². The molecule has 0 aliphatic heterocycles. The predicted molar refractivity (Wildman–Crippen MR) is 123 cm³/mol. The Labute approximate surface area is 197 Å². The SMILES string of the molecule is COc1ccccc1-c1nc(N(CO)C(C)O)nc2c1ccc(=O)n2-c1ccc(C(F)(F)F)cc1. The van der Waals surface area contributed by atoms with Crippen molar-refractivity contribution in [1.82, 2.24) is 14.5 Å². The summed E-state index contributed by atoms with van der Waals surface area (Å²) >= 11 is 0. The molecule has 0 radical (unpaired) electrons. The Hall–Kier alpha value is -3.96. The van der Waals surface area contributed by atoms with Crippen molar-refractivity contribution >= 4 is 17.0 Å². The number of pyridine rings is 1. The maximum absolute atomic E-state index is 13.1. The van der Waals surface area contributed by atoms with Crippen molar-refractivity contribution in [2.24, 2.45) is 0 Å². The molecule has 0 bridgehead atoms. The molecule has 4 aromatic rings. The van der Waals surface area contributed by atoms with Crippen molar-refractivity contribution in [2.45, 2.75) is 19.3 Å². The molecule has 35 heavy (non-hydrogen) atoms. The standard InChI is InChI=1S/C24H21F3N4O4/c1-14(33)30(13-32)23-28-21(17-5-3-4-6-19(17)35-2)18-11-12-20(34)31(22(18)29-23)16-9-7-15(8-10-16)24(25,26)27/h3-12,14,32-33H,13H2,1-2H3. The van der Waals surface area contributed by atoms with E-state index in [2.05, 4.69) is 9.97 Å². The van der Waals surface area contributed by atoms with Crippen molar-refractivity contribution in [2.75, 3.05) is 18.7 Å². The zero-order valence-corrected chi connectivity index (χ0v) is 18.7. The van der Waals surface area contributed by atoms with E-state index in [1.807, 2.05) is 0 Å². The number of aromatic nitrogens is 3. The number of benzene rings is 2. The molecule has 4 rings (SSSR count). The molecule has 11 heteroatoms. The number of ether oxygens (including phenoxy) is 1. The minimum Gasteiger partial charge on any atom is -0.496 e. The van der Waals surface area contributed by atoms with Crippen LogP contribution in [0.1, 0.15) is 12.5 Å². The average molecular weight is 486 g/mol. The second-order valence-corrected chi connectivity index (χ2v) is 7.60. The van der Waals surface area contributed by atoms with Crippen LogP contribution in [0.4, 0.5) is 19.1 Å². The molecular formula is C24H21F3N4O4. The van der Waals surface area contributed by atoms with Gasteiger partial charge in [0.1, 0.15) is 18.7 Å². The molecule has 1 unspecified atom stereocenters. The van der Waals surface area contributed by atoms with Gasteiger partial charge in [-0.1, -0.05) is 12.1 Å². The molecule has 0 fully saturated rings. The van der Waals surface area contributed by atoms with Crippen LogP contribution in [-0.4, -0.2) is 44.8 Å². The lowest BCUT2D eigenvalue weighted by Crippen LogP contribution is -2.35. The van der Waals surface area contributed by atoms with Crippen LogP contribution < -0.4 is 15.2 Å². The van der Waals surface area contributed by atoms with Gasteiger partial charge in [0.2, 0.25) is 5.95 Å². The second-order valence-electron chi connectivity index (χ2n) is 7.60. The molecule has 2 aromatic heterocycles. The van der Waals surface area contributed by atoms with E-state index in [4.69, 9.17) is 4.74 Å². The number of rotatable bonds is 6. The average Bonchev–Trinajstić information content (AvgIpc) is 2.83. The maximum atomic E-state index is 13.1. The molecule has 2 heterocycles. The summed E-state index contributed by atoms with van der Waals surface area (Å²) in [6, 6.07) is 13.8.